The van der Waals surface area contributed by atoms with Crippen LogP contribution in [0.3, 0.4) is 0 Å². The summed E-state index contributed by atoms with van der Waals surface area (Å²) in [7, 11) is -2.79. The van der Waals surface area contributed by atoms with Crippen LogP contribution < -0.4 is 10.6 Å². The summed E-state index contributed by atoms with van der Waals surface area (Å²) in [6.45, 7) is 8.46. The molecule has 0 aromatic heterocycles. The van der Waals surface area contributed by atoms with E-state index >= 15 is 0 Å². The highest BCUT2D eigenvalue weighted by atomic mass is 31.2. The number of aryl methyl sites for hydroxylation is 3. The molecule has 3 atom stereocenters. The van der Waals surface area contributed by atoms with E-state index < -0.39 is 7.14 Å². The van der Waals surface area contributed by atoms with Crippen LogP contribution in [0.25, 0.3) is 0 Å². The molecule has 24 heavy (non-hydrogen) atoms. The molecule has 3 unspecified atom stereocenters. The molecular formula is C22H25OP. The number of hydrogen-bond donors (Lipinski definition) is 0. The van der Waals surface area contributed by atoms with Crippen LogP contribution >= 0.6 is 7.14 Å². The van der Waals surface area contributed by atoms with Gasteiger partial charge in [-0.3, -0.25) is 0 Å². The lowest BCUT2D eigenvalue weighted by atomic mass is 10.0. The van der Waals surface area contributed by atoms with E-state index in [4.69, 9.17) is 0 Å². The summed E-state index contributed by atoms with van der Waals surface area (Å²) in [6.07, 6.45) is 8.40. The van der Waals surface area contributed by atoms with E-state index in [9.17, 15) is 4.57 Å². The minimum Gasteiger partial charge on any atom is -0.313 e. The van der Waals surface area contributed by atoms with Gasteiger partial charge < -0.3 is 4.57 Å². The summed E-state index contributed by atoms with van der Waals surface area (Å²) in [5.41, 5.74) is 3.50. The summed E-state index contributed by atoms with van der Waals surface area (Å²) < 4.78 is 14.6. The van der Waals surface area contributed by atoms with E-state index in [2.05, 4.69) is 58.1 Å². The number of rotatable bonds is 3. The number of benzene rings is 2. The van der Waals surface area contributed by atoms with Gasteiger partial charge in [0.25, 0.3) is 0 Å². The first kappa shape index (κ1) is 17.0. The van der Waals surface area contributed by atoms with Gasteiger partial charge in [0.1, 0.15) is 0 Å². The molecule has 2 aromatic rings. The van der Waals surface area contributed by atoms with E-state index in [0.717, 1.165) is 21.7 Å². The van der Waals surface area contributed by atoms with Gasteiger partial charge in [-0.1, -0.05) is 79.3 Å². The fourth-order valence-electron chi connectivity index (χ4n) is 3.95. The molecule has 0 spiro atoms. The van der Waals surface area contributed by atoms with Gasteiger partial charge in [0.15, 0.2) is 7.14 Å². The van der Waals surface area contributed by atoms with Crippen molar-refractivity contribution in [1.82, 2.24) is 0 Å². The predicted octanol–water partition coefficient (Wildman–Crippen LogP) is 5.06. The highest BCUT2D eigenvalue weighted by Gasteiger charge is 2.40. The highest BCUT2D eigenvalue weighted by molar-refractivity contribution is 7.79. The fourth-order valence-corrected chi connectivity index (χ4v) is 7.75. The zero-order valence-corrected chi connectivity index (χ0v) is 15.8. The van der Waals surface area contributed by atoms with Crippen molar-refractivity contribution in [3.63, 3.8) is 0 Å². The lowest BCUT2D eigenvalue weighted by Crippen LogP contribution is -2.32. The maximum atomic E-state index is 14.6. The van der Waals surface area contributed by atoms with Gasteiger partial charge in [-0.25, -0.2) is 0 Å². The Labute approximate surface area is 145 Å². The maximum Gasteiger partial charge on any atom is 0.150 e. The van der Waals surface area contributed by atoms with E-state index in [1.54, 1.807) is 0 Å². The van der Waals surface area contributed by atoms with Crippen LogP contribution in [0.15, 0.2) is 66.8 Å². The third-order valence-electron chi connectivity index (χ3n) is 4.90. The normalized spacial score (nSPS) is 22.3. The smallest absolute Gasteiger partial charge is 0.150 e. The molecule has 0 amide bonds. The Balaban J connectivity index is 2.31. The fraction of sp³-hybridized carbons (Fsp3) is 0.273. The first-order chi connectivity index (χ1) is 11.4. The predicted molar refractivity (Wildman–Crippen MR) is 105 cm³/mol. The average molecular weight is 336 g/mol. The van der Waals surface area contributed by atoms with Crippen molar-refractivity contribution in [3.05, 3.63) is 83.5 Å². The quantitative estimate of drug-likeness (QED) is 0.716. The van der Waals surface area contributed by atoms with Gasteiger partial charge in [0, 0.05) is 16.3 Å². The van der Waals surface area contributed by atoms with Crippen LogP contribution in [0, 0.1) is 26.7 Å². The van der Waals surface area contributed by atoms with Crippen molar-refractivity contribution < 1.29 is 4.57 Å². The lowest BCUT2D eigenvalue weighted by Gasteiger charge is -2.33. The molecule has 2 heteroatoms. The first-order valence-corrected chi connectivity index (χ1v) is 10.3. The average Bonchev–Trinajstić information content (AvgIpc) is 2.55. The van der Waals surface area contributed by atoms with Gasteiger partial charge in [0.2, 0.25) is 0 Å². The van der Waals surface area contributed by atoms with Crippen LogP contribution in [0.4, 0.5) is 0 Å². The van der Waals surface area contributed by atoms with Gasteiger partial charge in [-0.2, -0.15) is 0 Å². The zero-order chi connectivity index (χ0) is 17.3. The first-order valence-electron chi connectivity index (χ1n) is 8.53. The van der Waals surface area contributed by atoms with Crippen LogP contribution in [0.1, 0.15) is 23.6 Å². The Hall–Kier alpha value is -1.85. The molecule has 0 saturated carbocycles. The maximum absolute atomic E-state index is 14.6. The summed E-state index contributed by atoms with van der Waals surface area (Å²) in [5, 5.41) is 1.99. The Bertz CT molecular complexity index is 823. The minimum atomic E-state index is -2.79. The molecule has 0 fully saturated rings. The van der Waals surface area contributed by atoms with E-state index in [-0.39, 0.29) is 11.6 Å². The topological polar surface area (TPSA) is 17.1 Å². The summed E-state index contributed by atoms with van der Waals surface area (Å²) in [5.74, 6) is 0.251. The molecule has 0 heterocycles. The molecule has 0 bridgehead atoms. The van der Waals surface area contributed by atoms with E-state index in [1.807, 2.05) is 36.4 Å². The van der Waals surface area contributed by atoms with E-state index in [1.165, 1.54) is 5.56 Å². The van der Waals surface area contributed by atoms with Crippen molar-refractivity contribution in [1.29, 1.82) is 0 Å². The highest BCUT2D eigenvalue weighted by Crippen LogP contribution is 2.54. The van der Waals surface area contributed by atoms with Crippen molar-refractivity contribution in [2.24, 2.45) is 5.92 Å². The van der Waals surface area contributed by atoms with Gasteiger partial charge in [0.05, 0.1) is 0 Å². The molecule has 1 aliphatic carbocycles. The molecule has 0 saturated heterocycles. The van der Waals surface area contributed by atoms with Crippen LogP contribution in [0.2, 0.25) is 0 Å². The Morgan fingerprint density at radius 2 is 1.46 bits per heavy atom. The van der Waals surface area contributed by atoms with Crippen molar-refractivity contribution in [2.75, 3.05) is 0 Å². The van der Waals surface area contributed by atoms with Crippen LogP contribution in [0.5, 0.6) is 0 Å². The number of allylic oxidation sites excluding steroid dienone is 4. The molecule has 0 aliphatic heterocycles. The molecule has 0 radical (unpaired) electrons. The lowest BCUT2D eigenvalue weighted by molar-refractivity contribution is 0.572. The molecule has 0 N–H and O–H groups in total. The Morgan fingerprint density at radius 3 is 2.04 bits per heavy atom. The van der Waals surface area contributed by atoms with Crippen molar-refractivity contribution in [3.8, 4) is 0 Å². The minimum absolute atomic E-state index is 0.00464. The molecule has 2 aromatic carbocycles. The Morgan fingerprint density at radius 1 is 0.875 bits per heavy atom. The van der Waals surface area contributed by atoms with E-state index in [0.29, 0.717) is 0 Å². The van der Waals surface area contributed by atoms with Crippen LogP contribution in [-0.4, -0.2) is 5.66 Å². The Kier molecular flexibility index (Phi) is 4.65. The standard InChI is InChI=1S/C22H25OP/c1-16-14-18(3)22(19(4)15-16)24(23,20-11-6-5-7-12-20)21-13-9-8-10-17(21)2/h5-15,17,21H,1-4H3. The summed E-state index contributed by atoms with van der Waals surface area (Å²) in [6, 6.07) is 14.3. The van der Waals surface area contributed by atoms with Crippen LogP contribution in [-0.2, 0) is 4.57 Å². The van der Waals surface area contributed by atoms with Gasteiger partial charge in [-0.15, -0.1) is 0 Å². The second-order valence-corrected chi connectivity index (χ2v) is 9.74. The van der Waals surface area contributed by atoms with Gasteiger partial charge >= 0.3 is 0 Å². The van der Waals surface area contributed by atoms with Crippen molar-refractivity contribution >= 4 is 17.8 Å². The third-order valence-corrected chi connectivity index (χ3v) is 8.82. The molecule has 1 aliphatic rings. The zero-order valence-electron chi connectivity index (χ0n) is 14.9. The SMILES string of the molecule is Cc1cc(C)c(P(=O)(c2ccccc2)C2C=CC=CC2C)c(C)c1. The third kappa shape index (κ3) is 2.82. The summed E-state index contributed by atoms with van der Waals surface area (Å²) >= 11 is 0. The van der Waals surface area contributed by atoms with Gasteiger partial charge in [-0.05, 0) is 37.8 Å². The second kappa shape index (κ2) is 6.57. The second-order valence-electron chi connectivity index (χ2n) is 6.86. The monoisotopic (exact) mass is 336 g/mol. The number of hydrogen-bond acceptors (Lipinski definition) is 1. The molecule has 1 nitrogen and oxygen atoms in total. The molecule has 3 rings (SSSR count). The molecule has 124 valence electrons. The van der Waals surface area contributed by atoms with Crippen molar-refractivity contribution in [2.45, 2.75) is 33.4 Å². The largest absolute Gasteiger partial charge is 0.313 e. The molecular weight excluding hydrogens is 311 g/mol. The summed E-state index contributed by atoms with van der Waals surface area (Å²) in [4.78, 5) is 0.